The van der Waals surface area contributed by atoms with Crippen molar-refractivity contribution in [1.29, 1.82) is 0 Å². The van der Waals surface area contributed by atoms with E-state index in [1.54, 1.807) is 30.2 Å². The lowest BCUT2D eigenvalue weighted by Crippen LogP contribution is -2.33. The SMILES string of the molecule is CCOc1cccc(CN(CCO)C(=O)c2cccnc2C)c1. The minimum absolute atomic E-state index is 0.0871. The third kappa shape index (κ3) is 4.53. The lowest BCUT2D eigenvalue weighted by molar-refractivity contribution is 0.0706. The van der Waals surface area contributed by atoms with Crippen molar-refractivity contribution in [3.63, 3.8) is 0 Å². The summed E-state index contributed by atoms with van der Waals surface area (Å²) in [6.45, 7) is 4.92. The molecule has 122 valence electrons. The molecule has 0 unspecified atom stereocenters. The summed E-state index contributed by atoms with van der Waals surface area (Å²) >= 11 is 0. The van der Waals surface area contributed by atoms with Gasteiger partial charge in [0.15, 0.2) is 0 Å². The maximum absolute atomic E-state index is 12.7. The molecule has 2 aromatic rings. The van der Waals surface area contributed by atoms with Gasteiger partial charge in [0.1, 0.15) is 5.75 Å². The first kappa shape index (κ1) is 17.0. The van der Waals surface area contributed by atoms with Crippen LogP contribution in [-0.2, 0) is 6.54 Å². The summed E-state index contributed by atoms with van der Waals surface area (Å²) in [7, 11) is 0. The van der Waals surface area contributed by atoms with Crippen molar-refractivity contribution in [2.24, 2.45) is 0 Å². The number of benzene rings is 1. The minimum Gasteiger partial charge on any atom is -0.494 e. The van der Waals surface area contributed by atoms with Crippen LogP contribution in [0, 0.1) is 6.92 Å². The number of carbonyl (C=O) groups is 1. The maximum Gasteiger partial charge on any atom is 0.256 e. The normalized spacial score (nSPS) is 10.4. The Balaban J connectivity index is 2.20. The Hall–Kier alpha value is -2.40. The number of aryl methyl sites for hydroxylation is 1. The maximum atomic E-state index is 12.7. The zero-order valence-electron chi connectivity index (χ0n) is 13.5. The van der Waals surface area contributed by atoms with Gasteiger partial charge in [-0.3, -0.25) is 9.78 Å². The molecule has 1 N–H and O–H groups in total. The Morgan fingerprint density at radius 3 is 2.83 bits per heavy atom. The van der Waals surface area contributed by atoms with E-state index in [2.05, 4.69) is 4.98 Å². The molecule has 0 saturated carbocycles. The zero-order valence-corrected chi connectivity index (χ0v) is 13.5. The molecule has 0 spiro atoms. The molecule has 1 amide bonds. The fourth-order valence-corrected chi connectivity index (χ4v) is 2.37. The van der Waals surface area contributed by atoms with Crippen LogP contribution < -0.4 is 4.74 Å². The number of ether oxygens (including phenoxy) is 1. The van der Waals surface area contributed by atoms with Crippen LogP contribution >= 0.6 is 0 Å². The van der Waals surface area contributed by atoms with Gasteiger partial charge in [0.05, 0.1) is 18.8 Å². The number of aromatic nitrogens is 1. The second-order valence-electron chi connectivity index (χ2n) is 5.17. The Morgan fingerprint density at radius 1 is 1.30 bits per heavy atom. The fraction of sp³-hybridized carbons (Fsp3) is 0.333. The highest BCUT2D eigenvalue weighted by Crippen LogP contribution is 2.17. The lowest BCUT2D eigenvalue weighted by atomic mass is 10.1. The van der Waals surface area contributed by atoms with Crippen molar-refractivity contribution in [3.05, 3.63) is 59.4 Å². The molecule has 1 aromatic carbocycles. The van der Waals surface area contributed by atoms with E-state index < -0.39 is 0 Å². The van der Waals surface area contributed by atoms with E-state index in [0.717, 1.165) is 11.3 Å². The van der Waals surface area contributed by atoms with Gasteiger partial charge in [0.2, 0.25) is 0 Å². The van der Waals surface area contributed by atoms with Gasteiger partial charge >= 0.3 is 0 Å². The average molecular weight is 314 g/mol. The van der Waals surface area contributed by atoms with Crippen molar-refractivity contribution in [2.45, 2.75) is 20.4 Å². The third-order valence-corrected chi connectivity index (χ3v) is 3.48. The van der Waals surface area contributed by atoms with Gasteiger partial charge in [-0.25, -0.2) is 0 Å². The van der Waals surface area contributed by atoms with Gasteiger partial charge in [-0.05, 0) is 43.7 Å². The van der Waals surface area contributed by atoms with E-state index >= 15 is 0 Å². The van der Waals surface area contributed by atoms with Gasteiger partial charge in [0.25, 0.3) is 5.91 Å². The fourth-order valence-electron chi connectivity index (χ4n) is 2.37. The van der Waals surface area contributed by atoms with Gasteiger partial charge < -0.3 is 14.7 Å². The lowest BCUT2D eigenvalue weighted by Gasteiger charge is -2.23. The summed E-state index contributed by atoms with van der Waals surface area (Å²) < 4.78 is 5.49. The van der Waals surface area contributed by atoms with E-state index in [1.165, 1.54) is 0 Å². The molecule has 23 heavy (non-hydrogen) atoms. The highest BCUT2D eigenvalue weighted by Gasteiger charge is 2.18. The Labute approximate surface area is 136 Å². The summed E-state index contributed by atoms with van der Waals surface area (Å²) in [6, 6.07) is 11.1. The van der Waals surface area contributed by atoms with Crippen molar-refractivity contribution in [2.75, 3.05) is 19.8 Å². The number of hydrogen-bond donors (Lipinski definition) is 1. The Morgan fingerprint density at radius 2 is 2.13 bits per heavy atom. The van der Waals surface area contributed by atoms with Crippen molar-refractivity contribution in [1.82, 2.24) is 9.88 Å². The van der Waals surface area contributed by atoms with Crippen LogP contribution in [0.15, 0.2) is 42.6 Å². The van der Waals surface area contributed by atoms with E-state index in [1.807, 2.05) is 31.2 Å². The molecule has 0 bridgehead atoms. The molecule has 2 rings (SSSR count). The van der Waals surface area contributed by atoms with Crippen LogP contribution in [0.1, 0.15) is 28.5 Å². The van der Waals surface area contributed by atoms with Crippen LogP contribution in [0.4, 0.5) is 0 Å². The molecule has 0 atom stereocenters. The van der Waals surface area contributed by atoms with Crippen LogP contribution in [-0.4, -0.2) is 40.7 Å². The quantitative estimate of drug-likeness (QED) is 0.852. The molecule has 0 aliphatic rings. The van der Waals surface area contributed by atoms with E-state index in [0.29, 0.717) is 24.4 Å². The van der Waals surface area contributed by atoms with Crippen LogP contribution in [0.3, 0.4) is 0 Å². The number of hydrogen-bond acceptors (Lipinski definition) is 4. The number of amides is 1. The summed E-state index contributed by atoms with van der Waals surface area (Å²) in [5.41, 5.74) is 2.20. The summed E-state index contributed by atoms with van der Waals surface area (Å²) in [5.74, 6) is 0.644. The van der Waals surface area contributed by atoms with E-state index in [-0.39, 0.29) is 19.1 Å². The molecule has 0 fully saturated rings. The Bertz CT molecular complexity index is 658. The molecular formula is C18H22N2O3. The highest BCUT2D eigenvalue weighted by molar-refractivity contribution is 5.95. The summed E-state index contributed by atoms with van der Waals surface area (Å²) in [4.78, 5) is 18.5. The first-order valence-electron chi connectivity index (χ1n) is 7.69. The van der Waals surface area contributed by atoms with Crippen molar-refractivity contribution in [3.8, 4) is 5.75 Å². The second-order valence-corrected chi connectivity index (χ2v) is 5.17. The smallest absolute Gasteiger partial charge is 0.256 e. The molecule has 5 heteroatoms. The number of pyridine rings is 1. The predicted molar refractivity (Wildman–Crippen MR) is 88.4 cm³/mol. The van der Waals surface area contributed by atoms with Gasteiger partial charge in [-0.2, -0.15) is 0 Å². The minimum atomic E-state index is -0.133. The number of aliphatic hydroxyl groups excluding tert-OH is 1. The van der Waals surface area contributed by atoms with E-state index in [9.17, 15) is 9.90 Å². The average Bonchev–Trinajstić information content (AvgIpc) is 2.55. The molecule has 0 aliphatic heterocycles. The van der Waals surface area contributed by atoms with Crippen LogP contribution in [0.5, 0.6) is 5.75 Å². The van der Waals surface area contributed by atoms with Gasteiger partial charge in [-0.15, -0.1) is 0 Å². The number of nitrogens with zero attached hydrogens (tertiary/aromatic N) is 2. The standard InChI is InChI=1S/C18H22N2O3/c1-3-23-16-7-4-6-15(12-16)13-20(10-11-21)18(22)17-8-5-9-19-14(17)2/h4-9,12,21H,3,10-11,13H2,1-2H3. The van der Waals surface area contributed by atoms with Gasteiger partial charge in [-0.1, -0.05) is 12.1 Å². The van der Waals surface area contributed by atoms with E-state index in [4.69, 9.17) is 4.74 Å². The summed E-state index contributed by atoms with van der Waals surface area (Å²) in [6.07, 6.45) is 1.66. The third-order valence-electron chi connectivity index (χ3n) is 3.48. The second kappa shape index (κ2) is 8.29. The molecular weight excluding hydrogens is 292 g/mol. The van der Waals surface area contributed by atoms with Gasteiger partial charge in [0, 0.05) is 25.0 Å². The topological polar surface area (TPSA) is 62.7 Å². The number of aliphatic hydroxyl groups is 1. The number of carbonyl (C=O) groups excluding carboxylic acids is 1. The zero-order chi connectivity index (χ0) is 16.7. The molecule has 0 radical (unpaired) electrons. The predicted octanol–water partition coefficient (Wildman–Crippen LogP) is 2.42. The molecule has 0 aliphatic carbocycles. The first-order valence-corrected chi connectivity index (χ1v) is 7.69. The molecule has 5 nitrogen and oxygen atoms in total. The molecule has 0 saturated heterocycles. The molecule has 1 aromatic heterocycles. The first-order chi connectivity index (χ1) is 11.2. The van der Waals surface area contributed by atoms with Crippen molar-refractivity contribution >= 4 is 5.91 Å². The largest absolute Gasteiger partial charge is 0.494 e. The van der Waals surface area contributed by atoms with Crippen LogP contribution in [0.25, 0.3) is 0 Å². The highest BCUT2D eigenvalue weighted by atomic mass is 16.5. The monoisotopic (exact) mass is 314 g/mol. The summed E-state index contributed by atoms with van der Waals surface area (Å²) in [5, 5.41) is 9.28. The van der Waals surface area contributed by atoms with Crippen LogP contribution in [0.2, 0.25) is 0 Å². The molecule has 1 heterocycles. The van der Waals surface area contributed by atoms with Crippen molar-refractivity contribution < 1.29 is 14.6 Å². The number of rotatable bonds is 7. The Kier molecular flexibility index (Phi) is 6.11.